The molecule has 0 radical (unpaired) electrons. The summed E-state index contributed by atoms with van der Waals surface area (Å²) in [5.41, 5.74) is 2.47. The third-order valence-corrected chi connectivity index (χ3v) is 2.70. The summed E-state index contributed by atoms with van der Waals surface area (Å²) in [6, 6.07) is 8.02. The lowest BCUT2D eigenvalue weighted by Gasteiger charge is -2.08. The van der Waals surface area contributed by atoms with Crippen molar-refractivity contribution in [2.75, 3.05) is 0 Å². The Morgan fingerprint density at radius 3 is 2.82 bits per heavy atom. The minimum absolute atomic E-state index is 0.226. The van der Waals surface area contributed by atoms with E-state index in [-0.39, 0.29) is 5.69 Å². The first kappa shape index (κ1) is 11.4. The molecule has 17 heavy (non-hydrogen) atoms. The Labute approximate surface area is 99.5 Å². The van der Waals surface area contributed by atoms with Crippen LogP contribution in [-0.2, 0) is 6.54 Å². The molecule has 0 saturated carbocycles. The molecule has 0 bridgehead atoms. The van der Waals surface area contributed by atoms with Crippen molar-refractivity contribution in [3.63, 3.8) is 0 Å². The minimum Gasteiger partial charge on any atom is -0.477 e. The molecule has 1 aromatic heterocycles. The Kier molecular flexibility index (Phi) is 2.95. The maximum absolute atomic E-state index is 11.0. The van der Waals surface area contributed by atoms with Gasteiger partial charge >= 0.3 is 5.97 Å². The second-order valence-electron chi connectivity index (χ2n) is 4.07. The minimum atomic E-state index is -0.946. The molecule has 4 heteroatoms. The highest BCUT2D eigenvalue weighted by molar-refractivity contribution is 5.85. The molecule has 2 aromatic rings. The molecule has 0 fully saturated rings. The van der Waals surface area contributed by atoms with Crippen LogP contribution in [0.2, 0.25) is 0 Å². The van der Waals surface area contributed by atoms with Gasteiger partial charge in [-0.05, 0) is 19.4 Å². The highest BCUT2D eigenvalue weighted by Crippen LogP contribution is 2.11. The van der Waals surface area contributed by atoms with Crippen LogP contribution < -0.4 is 0 Å². The fourth-order valence-electron chi connectivity index (χ4n) is 1.83. The zero-order valence-corrected chi connectivity index (χ0v) is 9.84. The van der Waals surface area contributed by atoms with E-state index in [4.69, 9.17) is 5.11 Å². The number of rotatable bonds is 3. The number of hydrogen-bond acceptors (Lipinski definition) is 2. The van der Waals surface area contributed by atoms with Crippen molar-refractivity contribution in [1.82, 2.24) is 9.55 Å². The second-order valence-corrected chi connectivity index (χ2v) is 4.07. The van der Waals surface area contributed by atoms with Gasteiger partial charge in [0, 0.05) is 6.54 Å². The van der Waals surface area contributed by atoms with E-state index in [9.17, 15) is 4.79 Å². The molecule has 1 aromatic carbocycles. The molecule has 1 N–H and O–H groups in total. The molecule has 2 rings (SSSR count). The van der Waals surface area contributed by atoms with Crippen molar-refractivity contribution in [3.8, 4) is 0 Å². The summed E-state index contributed by atoms with van der Waals surface area (Å²) in [6.45, 7) is 4.36. The van der Waals surface area contributed by atoms with Crippen molar-refractivity contribution >= 4 is 5.97 Å². The zero-order valence-electron chi connectivity index (χ0n) is 9.84. The topological polar surface area (TPSA) is 55.1 Å². The van der Waals surface area contributed by atoms with Gasteiger partial charge < -0.3 is 9.67 Å². The van der Waals surface area contributed by atoms with Crippen LogP contribution in [0.5, 0.6) is 0 Å². The number of aryl methyl sites for hydroxylation is 2. The molecule has 0 amide bonds. The van der Waals surface area contributed by atoms with E-state index in [1.807, 2.05) is 38.1 Å². The monoisotopic (exact) mass is 230 g/mol. The summed E-state index contributed by atoms with van der Waals surface area (Å²) in [7, 11) is 0. The number of carbonyl (C=O) groups is 1. The van der Waals surface area contributed by atoms with Gasteiger partial charge in [-0.25, -0.2) is 9.78 Å². The third kappa shape index (κ3) is 2.36. The number of carboxylic acid groups (broad SMARTS) is 1. The van der Waals surface area contributed by atoms with E-state index in [0.29, 0.717) is 12.4 Å². The fraction of sp³-hybridized carbons (Fsp3) is 0.231. The average molecular weight is 230 g/mol. The molecule has 0 spiro atoms. The normalized spacial score (nSPS) is 10.5. The predicted molar refractivity (Wildman–Crippen MR) is 64.2 cm³/mol. The summed E-state index contributed by atoms with van der Waals surface area (Å²) < 4.78 is 1.71. The molecule has 0 aliphatic rings. The van der Waals surface area contributed by atoms with Crippen LogP contribution in [-0.4, -0.2) is 20.6 Å². The van der Waals surface area contributed by atoms with Gasteiger partial charge in [0.15, 0.2) is 0 Å². The van der Waals surface area contributed by atoms with E-state index < -0.39 is 5.97 Å². The zero-order chi connectivity index (χ0) is 12.4. The van der Waals surface area contributed by atoms with Gasteiger partial charge in [-0.15, -0.1) is 0 Å². The first-order chi connectivity index (χ1) is 8.08. The van der Waals surface area contributed by atoms with Crippen LogP contribution in [0.3, 0.4) is 0 Å². The third-order valence-electron chi connectivity index (χ3n) is 2.70. The largest absolute Gasteiger partial charge is 0.477 e. The van der Waals surface area contributed by atoms with Gasteiger partial charge in [0.25, 0.3) is 0 Å². The van der Waals surface area contributed by atoms with Crippen LogP contribution in [0.15, 0.2) is 30.5 Å². The van der Waals surface area contributed by atoms with Gasteiger partial charge in [0.1, 0.15) is 11.5 Å². The van der Waals surface area contributed by atoms with Crippen LogP contribution in [0.25, 0.3) is 0 Å². The molecular weight excluding hydrogens is 216 g/mol. The molecule has 0 atom stereocenters. The number of aromatic carboxylic acids is 1. The Morgan fingerprint density at radius 1 is 1.41 bits per heavy atom. The molecule has 0 saturated heterocycles. The molecule has 88 valence electrons. The number of nitrogens with zero attached hydrogens (tertiary/aromatic N) is 2. The van der Waals surface area contributed by atoms with E-state index in [1.54, 1.807) is 4.57 Å². The first-order valence-electron chi connectivity index (χ1n) is 5.39. The van der Waals surface area contributed by atoms with E-state index in [2.05, 4.69) is 4.98 Å². The maximum atomic E-state index is 11.0. The first-order valence-corrected chi connectivity index (χ1v) is 5.39. The van der Waals surface area contributed by atoms with Crippen molar-refractivity contribution in [2.45, 2.75) is 20.4 Å². The summed E-state index contributed by atoms with van der Waals surface area (Å²) in [4.78, 5) is 15.1. The van der Waals surface area contributed by atoms with Crippen molar-refractivity contribution in [2.24, 2.45) is 0 Å². The number of imidazole rings is 1. The van der Waals surface area contributed by atoms with Gasteiger partial charge in [0.2, 0.25) is 0 Å². The lowest BCUT2D eigenvalue weighted by molar-refractivity contribution is 0.0685. The molecule has 0 unspecified atom stereocenters. The van der Waals surface area contributed by atoms with E-state index in [1.165, 1.54) is 6.20 Å². The Balaban J connectivity index is 2.36. The number of carboxylic acids is 1. The van der Waals surface area contributed by atoms with E-state index in [0.717, 1.165) is 11.1 Å². The highest BCUT2D eigenvalue weighted by Gasteiger charge is 2.13. The lowest BCUT2D eigenvalue weighted by Crippen LogP contribution is -2.10. The maximum Gasteiger partial charge on any atom is 0.354 e. The van der Waals surface area contributed by atoms with Gasteiger partial charge in [0.05, 0.1) is 6.20 Å². The van der Waals surface area contributed by atoms with Gasteiger partial charge in [-0.3, -0.25) is 0 Å². The summed E-state index contributed by atoms with van der Waals surface area (Å²) in [5.74, 6) is -0.234. The van der Waals surface area contributed by atoms with Crippen molar-refractivity contribution < 1.29 is 9.90 Å². The molecule has 4 nitrogen and oxygen atoms in total. The average Bonchev–Trinajstić information content (AvgIpc) is 2.61. The SMILES string of the molecule is Cc1cccc(Cn2c(C(=O)O)cnc2C)c1. The van der Waals surface area contributed by atoms with Gasteiger partial charge in [-0.2, -0.15) is 0 Å². The van der Waals surface area contributed by atoms with Crippen LogP contribution in [0, 0.1) is 13.8 Å². The number of benzene rings is 1. The highest BCUT2D eigenvalue weighted by atomic mass is 16.4. The van der Waals surface area contributed by atoms with Crippen LogP contribution in [0.4, 0.5) is 0 Å². The van der Waals surface area contributed by atoms with Crippen molar-refractivity contribution in [3.05, 3.63) is 53.1 Å². The standard InChI is InChI=1S/C13H14N2O2/c1-9-4-3-5-11(6-9)8-15-10(2)14-7-12(15)13(16)17/h3-7H,8H2,1-2H3,(H,16,17). The number of aromatic nitrogens is 2. The molecular formula is C13H14N2O2. The lowest BCUT2D eigenvalue weighted by atomic mass is 10.1. The quantitative estimate of drug-likeness (QED) is 0.879. The summed E-state index contributed by atoms with van der Waals surface area (Å²) in [6.07, 6.45) is 1.40. The van der Waals surface area contributed by atoms with Crippen LogP contribution >= 0.6 is 0 Å². The smallest absolute Gasteiger partial charge is 0.354 e. The molecule has 0 aliphatic carbocycles. The van der Waals surface area contributed by atoms with Crippen molar-refractivity contribution in [1.29, 1.82) is 0 Å². The summed E-state index contributed by atoms with van der Waals surface area (Å²) >= 11 is 0. The Hall–Kier alpha value is -2.10. The Morgan fingerprint density at radius 2 is 2.18 bits per heavy atom. The van der Waals surface area contributed by atoms with Crippen LogP contribution in [0.1, 0.15) is 27.4 Å². The second kappa shape index (κ2) is 4.41. The number of hydrogen-bond donors (Lipinski definition) is 1. The van der Waals surface area contributed by atoms with Gasteiger partial charge in [-0.1, -0.05) is 29.8 Å². The predicted octanol–water partition coefficient (Wildman–Crippen LogP) is 2.25. The summed E-state index contributed by atoms with van der Waals surface area (Å²) in [5, 5.41) is 9.05. The fourth-order valence-corrected chi connectivity index (χ4v) is 1.83. The molecule has 1 heterocycles. The molecule has 0 aliphatic heterocycles. The Bertz CT molecular complexity index is 558. The van der Waals surface area contributed by atoms with E-state index >= 15 is 0 Å².